The Kier molecular flexibility index (Phi) is 5.30. The van der Waals surface area contributed by atoms with Gasteiger partial charge in [-0.3, -0.25) is 10.1 Å². The van der Waals surface area contributed by atoms with Crippen LogP contribution < -0.4 is 25.4 Å². The first kappa shape index (κ1) is 18.8. The molecule has 2 aromatic carbocycles. The largest absolute Gasteiger partial charge is 0.486 e. The minimum Gasteiger partial charge on any atom is -0.486 e. The predicted molar refractivity (Wildman–Crippen MR) is 111 cm³/mol. The maximum Gasteiger partial charge on any atom is 0.325 e. The van der Waals surface area contributed by atoms with Crippen LogP contribution >= 0.6 is 11.3 Å². The highest BCUT2D eigenvalue weighted by Crippen LogP contribution is 2.32. The van der Waals surface area contributed by atoms with E-state index in [-0.39, 0.29) is 11.6 Å². The van der Waals surface area contributed by atoms with Crippen molar-refractivity contribution in [3.8, 4) is 11.5 Å². The van der Waals surface area contributed by atoms with E-state index in [1.165, 1.54) is 0 Å². The van der Waals surface area contributed by atoms with Crippen LogP contribution in [0.1, 0.15) is 16.1 Å². The molecule has 8 nitrogen and oxygen atoms in total. The van der Waals surface area contributed by atoms with Crippen LogP contribution in [0.5, 0.6) is 11.5 Å². The molecule has 1 aliphatic rings. The van der Waals surface area contributed by atoms with E-state index in [0.717, 1.165) is 16.9 Å². The lowest BCUT2D eigenvalue weighted by molar-refractivity contribution is 0.102. The molecule has 0 atom stereocenters. The molecule has 0 radical (unpaired) electrons. The molecule has 2 heterocycles. The number of amides is 3. The lowest BCUT2D eigenvalue weighted by atomic mass is 10.2. The van der Waals surface area contributed by atoms with Crippen LogP contribution in [0, 0.1) is 6.92 Å². The number of nitrogens with one attached hydrogen (secondary N) is 3. The van der Waals surface area contributed by atoms with Gasteiger partial charge in [-0.15, -0.1) is 11.3 Å². The molecular weight excluding hydrogens is 392 g/mol. The molecule has 1 aliphatic heterocycles. The number of fused-ring (bicyclic) bond motifs is 1. The number of carbonyl (C=O) groups is 2. The lowest BCUT2D eigenvalue weighted by Crippen LogP contribution is -2.19. The summed E-state index contributed by atoms with van der Waals surface area (Å²) < 4.78 is 11.0. The van der Waals surface area contributed by atoms with Crippen molar-refractivity contribution in [1.29, 1.82) is 0 Å². The summed E-state index contributed by atoms with van der Waals surface area (Å²) in [4.78, 5) is 28.7. The van der Waals surface area contributed by atoms with Gasteiger partial charge in [0, 0.05) is 22.8 Å². The van der Waals surface area contributed by atoms with Crippen LogP contribution in [0.15, 0.2) is 47.8 Å². The van der Waals surface area contributed by atoms with Crippen LogP contribution in [-0.2, 0) is 0 Å². The molecular formula is C20H18N4O4S. The summed E-state index contributed by atoms with van der Waals surface area (Å²) in [6.07, 6.45) is 0. The average molecular weight is 410 g/mol. The Balaban J connectivity index is 1.37. The first-order valence-corrected chi connectivity index (χ1v) is 9.76. The van der Waals surface area contributed by atoms with E-state index in [1.54, 1.807) is 29.6 Å². The van der Waals surface area contributed by atoms with E-state index in [9.17, 15) is 9.59 Å². The third-order valence-electron chi connectivity index (χ3n) is 4.03. The van der Waals surface area contributed by atoms with Gasteiger partial charge in [0.25, 0.3) is 5.91 Å². The SMILES string of the molecule is Cc1cccc(NC(=O)Nc2nc(C(=O)Nc3ccc4c(c3)OCCO4)cs2)c1. The van der Waals surface area contributed by atoms with Crippen molar-refractivity contribution in [3.63, 3.8) is 0 Å². The number of benzene rings is 2. The molecule has 1 aromatic heterocycles. The smallest absolute Gasteiger partial charge is 0.325 e. The fourth-order valence-corrected chi connectivity index (χ4v) is 3.42. The average Bonchev–Trinajstić information content (AvgIpc) is 3.16. The van der Waals surface area contributed by atoms with Gasteiger partial charge >= 0.3 is 6.03 Å². The zero-order valence-corrected chi connectivity index (χ0v) is 16.3. The maximum atomic E-state index is 12.4. The number of hydrogen-bond acceptors (Lipinski definition) is 6. The van der Waals surface area contributed by atoms with Crippen molar-refractivity contribution in [3.05, 3.63) is 59.1 Å². The van der Waals surface area contributed by atoms with Gasteiger partial charge in [-0.25, -0.2) is 9.78 Å². The van der Waals surface area contributed by atoms with E-state index in [4.69, 9.17) is 9.47 Å². The number of aryl methyl sites for hydroxylation is 1. The van der Waals surface area contributed by atoms with Gasteiger partial charge in [-0.2, -0.15) is 0 Å². The molecule has 0 saturated heterocycles. The molecule has 0 fully saturated rings. The molecule has 3 amide bonds. The van der Waals surface area contributed by atoms with Crippen molar-refractivity contribution < 1.29 is 19.1 Å². The highest BCUT2D eigenvalue weighted by molar-refractivity contribution is 7.14. The molecule has 3 N–H and O–H groups in total. The number of hydrogen-bond donors (Lipinski definition) is 3. The van der Waals surface area contributed by atoms with E-state index in [1.807, 2.05) is 25.1 Å². The normalized spacial score (nSPS) is 12.2. The second-order valence-corrected chi connectivity index (χ2v) is 7.16. The Bertz CT molecular complexity index is 1070. The Morgan fingerprint density at radius 3 is 2.59 bits per heavy atom. The first-order valence-electron chi connectivity index (χ1n) is 8.88. The van der Waals surface area contributed by atoms with Crippen molar-refractivity contribution in [1.82, 2.24) is 4.98 Å². The second-order valence-electron chi connectivity index (χ2n) is 6.30. The lowest BCUT2D eigenvalue weighted by Gasteiger charge is -2.18. The second kappa shape index (κ2) is 8.19. The number of aromatic nitrogens is 1. The Labute approximate surface area is 170 Å². The van der Waals surface area contributed by atoms with Gasteiger partial charge in [0.2, 0.25) is 0 Å². The van der Waals surface area contributed by atoms with E-state index < -0.39 is 6.03 Å². The summed E-state index contributed by atoms with van der Waals surface area (Å²) >= 11 is 1.16. The fourth-order valence-electron chi connectivity index (χ4n) is 2.73. The number of nitrogens with zero attached hydrogens (tertiary/aromatic N) is 1. The minimum atomic E-state index is -0.427. The van der Waals surface area contributed by atoms with Crippen molar-refractivity contribution >= 4 is 39.8 Å². The van der Waals surface area contributed by atoms with Gasteiger partial charge in [0.05, 0.1) is 0 Å². The quantitative estimate of drug-likeness (QED) is 0.601. The molecule has 0 saturated carbocycles. The van der Waals surface area contributed by atoms with Crippen molar-refractivity contribution in [2.24, 2.45) is 0 Å². The zero-order valence-electron chi connectivity index (χ0n) is 15.5. The van der Waals surface area contributed by atoms with Crippen LogP contribution in [0.2, 0.25) is 0 Å². The zero-order chi connectivity index (χ0) is 20.2. The van der Waals surface area contributed by atoms with E-state index in [2.05, 4.69) is 20.9 Å². The van der Waals surface area contributed by atoms with Crippen LogP contribution in [0.4, 0.5) is 21.3 Å². The minimum absolute atomic E-state index is 0.204. The van der Waals surface area contributed by atoms with E-state index in [0.29, 0.717) is 41.2 Å². The number of ether oxygens (including phenoxy) is 2. The van der Waals surface area contributed by atoms with E-state index >= 15 is 0 Å². The standard InChI is InChI=1S/C20H18N4O4S/c1-12-3-2-4-13(9-12)22-19(26)24-20-23-15(11-29-20)18(25)21-14-5-6-16-17(10-14)28-8-7-27-16/h2-6,9-11H,7-8H2,1H3,(H,21,25)(H2,22,23,24,26). The molecule has 0 unspecified atom stereocenters. The third-order valence-corrected chi connectivity index (χ3v) is 4.79. The Morgan fingerprint density at radius 2 is 1.76 bits per heavy atom. The predicted octanol–water partition coefficient (Wildman–Crippen LogP) is 4.12. The van der Waals surface area contributed by atoms with Crippen LogP contribution in [-0.4, -0.2) is 30.1 Å². The van der Waals surface area contributed by atoms with Crippen molar-refractivity contribution in [2.75, 3.05) is 29.2 Å². The number of carbonyl (C=O) groups excluding carboxylic acids is 2. The first-order chi connectivity index (χ1) is 14.1. The number of urea groups is 1. The summed E-state index contributed by atoms with van der Waals surface area (Å²) in [5.41, 5.74) is 2.49. The molecule has 0 aliphatic carbocycles. The highest BCUT2D eigenvalue weighted by Gasteiger charge is 2.16. The Morgan fingerprint density at radius 1 is 0.966 bits per heavy atom. The summed E-state index contributed by atoms with van der Waals surface area (Å²) in [7, 11) is 0. The summed E-state index contributed by atoms with van der Waals surface area (Å²) in [5, 5.41) is 10.0. The van der Waals surface area contributed by atoms with Gasteiger partial charge in [-0.1, -0.05) is 12.1 Å². The number of rotatable bonds is 4. The molecule has 29 heavy (non-hydrogen) atoms. The van der Waals surface area contributed by atoms with Gasteiger partial charge in [-0.05, 0) is 36.8 Å². The molecule has 0 bridgehead atoms. The van der Waals surface area contributed by atoms with Crippen molar-refractivity contribution in [2.45, 2.75) is 6.92 Å². The molecule has 4 rings (SSSR count). The molecule has 3 aromatic rings. The number of anilines is 3. The summed E-state index contributed by atoms with van der Waals surface area (Å²) in [5.74, 6) is 0.849. The molecule has 148 valence electrons. The van der Waals surface area contributed by atoms with Crippen LogP contribution in [0.3, 0.4) is 0 Å². The molecule has 9 heteroatoms. The topological polar surface area (TPSA) is 102 Å². The Hall–Kier alpha value is -3.59. The number of thiazole rings is 1. The fraction of sp³-hybridized carbons (Fsp3) is 0.150. The summed E-state index contributed by atoms with van der Waals surface area (Å²) in [6, 6.07) is 12.2. The van der Waals surface area contributed by atoms with Gasteiger partial charge in [0.1, 0.15) is 18.9 Å². The van der Waals surface area contributed by atoms with Crippen LogP contribution in [0.25, 0.3) is 0 Å². The molecule has 0 spiro atoms. The summed E-state index contributed by atoms with van der Waals surface area (Å²) in [6.45, 7) is 2.91. The van der Waals surface area contributed by atoms with Gasteiger partial charge in [0.15, 0.2) is 16.6 Å². The van der Waals surface area contributed by atoms with Gasteiger partial charge < -0.3 is 20.1 Å². The monoisotopic (exact) mass is 410 g/mol. The maximum absolute atomic E-state index is 12.4. The third kappa shape index (κ3) is 4.64. The highest BCUT2D eigenvalue weighted by atomic mass is 32.1.